The van der Waals surface area contributed by atoms with E-state index in [0.29, 0.717) is 27.0 Å². The Morgan fingerprint density at radius 1 is 0.784 bits per heavy atom. The van der Waals surface area contributed by atoms with Crippen molar-refractivity contribution in [2.75, 3.05) is 16.6 Å². The van der Waals surface area contributed by atoms with Crippen LogP contribution < -0.4 is 14.8 Å². The summed E-state index contributed by atoms with van der Waals surface area (Å²) in [4.78, 5) is 25.5. The lowest BCUT2D eigenvalue weighted by atomic mass is 10.0. The summed E-state index contributed by atoms with van der Waals surface area (Å²) in [5.74, 6) is -0.508. The van der Waals surface area contributed by atoms with Crippen LogP contribution in [0.3, 0.4) is 0 Å². The summed E-state index contributed by atoms with van der Waals surface area (Å²) in [5, 5.41) is 3.51. The molecule has 0 spiro atoms. The number of carbonyl (C=O) groups excluding carboxylic acids is 2. The number of sulfonamides is 1. The molecule has 0 saturated carbocycles. The van der Waals surface area contributed by atoms with Crippen LogP contribution in [0.2, 0.25) is 10.0 Å². The molecule has 7 nitrogen and oxygen atoms in total. The maximum atomic E-state index is 12.9. The van der Waals surface area contributed by atoms with Gasteiger partial charge in [0.1, 0.15) is 5.75 Å². The number of ether oxygens (including phenoxy) is 1. The van der Waals surface area contributed by atoms with Crippen LogP contribution in [0.15, 0.2) is 102 Å². The molecule has 0 radical (unpaired) electrons. The number of amides is 1. The number of hydrogen-bond donors (Lipinski definition) is 2. The molecule has 4 aromatic carbocycles. The average Bonchev–Trinajstić information content (AvgIpc) is 2.90. The third kappa shape index (κ3) is 6.89. The van der Waals surface area contributed by atoms with E-state index in [-0.39, 0.29) is 28.6 Å². The quantitative estimate of drug-likeness (QED) is 0.245. The van der Waals surface area contributed by atoms with E-state index in [1.165, 1.54) is 30.3 Å². The Balaban J connectivity index is 1.39. The summed E-state index contributed by atoms with van der Waals surface area (Å²) >= 11 is 11.9. The Hall–Kier alpha value is -3.85. The maximum absolute atomic E-state index is 12.9. The fourth-order valence-electron chi connectivity index (χ4n) is 3.34. The zero-order valence-electron chi connectivity index (χ0n) is 19.2. The topological polar surface area (TPSA) is 102 Å². The molecule has 4 rings (SSSR count). The Morgan fingerprint density at radius 2 is 1.43 bits per heavy atom. The molecule has 0 bridgehead atoms. The molecule has 0 aliphatic rings. The highest BCUT2D eigenvalue weighted by molar-refractivity contribution is 7.92. The van der Waals surface area contributed by atoms with E-state index in [2.05, 4.69) is 10.0 Å². The number of ketones is 1. The first kappa shape index (κ1) is 26.2. The second-order valence-electron chi connectivity index (χ2n) is 7.81. The fraction of sp³-hybridized carbons (Fsp3) is 0.0370. The van der Waals surface area contributed by atoms with Crippen LogP contribution in [0.5, 0.6) is 5.75 Å². The highest BCUT2D eigenvalue weighted by Gasteiger charge is 2.17. The smallest absolute Gasteiger partial charge is 0.262 e. The lowest BCUT2D eigenvalue weighted by Crippen LogP contribution is -2.21. The second kappa shape index (κ2) is 11.5. The van der Waals surface area contributed by atoms with E-state index in [1.54, 1.807) is 66.7 Å². The number of rotatable bonds is 9. The van der Waals surface area contributed by atoms with Gasteiger partial charge < -0.3 is 10.1 Å². The summed E-state index contributed by atoms with van der Waals surface area (Å²) in [7, 11) is -3.82. The van der Waals surface area contributed by atoms with Crippen LogP contribution >= 0.6 is 23.2 Å². The Morgan fingerprint density at radius 3 is 2.11 bits per heavy atom. The molecule has 0 atom stereocenters. The number of nitrogens with one attached hydrogen (secondary N) is 2. The van der Waals surface area contributed by atoms with Crippen molar-refractivity contribution >= 4 is 56.3 Å². The zero-order valence-corrected chi connectivity index (χ0v) is 21.5. The molecule has 0 aromatic heterocycles. The van der Waals surface area contributed by atoms with Gasteiger partial charge in [-0.2, -0.15) is 0 Å². The normalized spacial score (nSPS) is 11.0. The third-order valence-corrected chi connectivity index (χ3v) is 7.02. The number of halogens is 2. The molecular formula is C27H20Cl2N2O5S. The molecule has 0 saturated heterocycles. The Bertz CT molecular complexity index is 1530. The number of carbonyl (C=O) groups is 2. The van der Waals surface area contributed by atoms with E-state index in [0.717, 1.165) is 0 Å². The molecule has 4 aromatic rings. The Labute approximate surface area is 224 Å². The zero-order chi connectivity index (χ0) is 26.4. The largest absolute Gasteiger partial charge is 0.484 e. The highest BCUT2D eigenvalue weighted by atomic mass is 35.5. The predicted molar refractivity (Wildman–Crippen MR) is 144 cm³/mol. The van der Waals surface area contributed by atoms with Crippen LogP contribution in [0.25, 0.3) is 0 Å². The number of benzene rings is 4. The van der Waals surface area contributed by atoms with E-state index < -0.39 is 15.9 Å². The monoisotopic (exact) mass is 554 g/mol. The van der Waals surface area contributed by atoms with Crippen molar-refractivity contribution in [3.63, 3.8) is 0 Å². The molecule has 0 heterocycles. The predicted octanol–water partition coefficient (Wildman–Crippen LogP) is 6.04. The molecule has 0 aliphatic heterocycles. The van der Waals surface area contributed by atoms with Gasteiger partial charge in [-0.15, -0.1) is 0 Å². The second-order valence-corrected chi connectivity index (χ2v) is 10.4. The SMILES string of the molecule is O=C(COc1ccc(S(=O)(=O)Nc2ccc(Cl)cc2)cc1)Nc1ccc(Cl)cc1C(=O)c1ccccc1. The van der Waals surface area contributed by atoms with Crippen molar-refractivity contribution < 1.29 is 22.7 Å². The first-order valence-electron chi connectivity index (χ1n) is 10.9. The third-order valence-electron chi connectivity index (χ3n) is 5.14. The lowest BCUT2D eigenvalue weighted by Gasteiger charge is -2.12. The summed E-state index contributed by atoms with van der Waals surface area (Å²) in [5.41, 5.74) is 1.36. The van der Waals surface area contributed by atoms with Crippen molar-refractivity contribution in [2.24, 2.45) is 0 Å². The minimum absolute atomic E-state index is 0.0180. The van der Waals surface area contributed by atoms with Crippen molar-refractivity contribution in [1.29, 1.82) is 0 Å². The van der Waals surface area contributed by atoms with E-state index in [1.807, 2.05) is 0 Å². The van der Waals surface area contributed by atoms with Crippen LogP contribution in [-0.4, -0.2) is 26.7 Å². The molecule has 188 valence electrons. The van der Waals surface area contributed by atoms with Crippen molar-refractivity contribution in [3.05, 3.63) is 118 Å². The van der Waals surface area contributed by atoms with Crippen LogP contribution in [-0.2, 0) is 14.8 Å². The molecule has 10 heteroatoms. The van der Waals surface area contributed by atoms with Gasteiger partial charge in [0, 0.05) is 26.9 Å². The van der Waals surface area contributed by atoms with Gasteiger partial charge in [-0.3, -0.25) is 14.3 Å². The molecule has 0 unspecified atom stereocenters. The fourth-order valence-corrected chi connectivity index (χ4v) is 4.70. The molecule has 37 heavy (non-hydrogen) atoms. The Kier molecular flexibility index (Phi) is 8.13. The summed E-state index contributed by atoms with van der Waals surface area (Å²) in [6.07, 6.45) is 0. The van der Waals surface area contributed by atoms with Gasteiger partial charge in [0.15, 0.2) is 12.4 Å². The van der Waals surface area contributed by atoms with Crippen molar-refractivity contribution in [1.82, 2.24) is 0 Å². The van der Waals surface area contributed by atoms with Crippen molar-refractivity contribution in [3.8, 4) is 5.75 Å². The van der Waals surface area contributed by atoms with Crippen LogP contribution in [0.1, 0.15) is 15.9 Å². The van der Waals surface area contributed by atoms with Gasteiger partial charge >= 0.3 is 0 Å². The summed E-state index contributed by atoms with van der Waals surface area (Å²) in [6, 6.07) is 25.1. The van der Waals surface area contributed by atoms with Crippen LogP contribution in [0.4, 0.5) is 11.4 Å². The maximum Gasteiger partial charge on any atom is 0.262 e. The van der Waals surface area contributed by atoms with Gasteiger partial charge in [-0.25, -0.2) is 8.42 Å². The molecule has 0 fully saturated rings. The van der Waals surface area contributed by atoms with Crippen LogP contribution in [0, 0.1) is 0 Å². The number of anilines is 2. The van der Waals surface area contributed by atoms with Gasteiger partial charge in [-0.1, -0.05) is 53.5 Å². The number of hydrogen-bond acceptors (Lipinski definition) is 5. The van der Waals surface area contributed by atoms with E-state index in [9.17, 15) is 18.0 Å². The summed E-state index contributed by atoms with van der Waals surface area (Å²) in [6.45, 7) is -0.364. The standard InChI is InChI=1S/C27H20Cl2N2O5S/c28-19-6-9-21(10-7-19)31-37(34,35)23-13-11-22(12-14-23)36-17-26(32)30-25-15-8-20(29)16-24(25)27(33)18-4-2-1-3-5-18/h1-16,31H,17H2,(H,30,32). The van der Waals surface area contributed by atoms with E-state index >= 15 is 0 Å². The van der Waals surface area contributed by atoms with Crippen molar-refractivity contribution in [2.45, 2.75) is 4.90 Å². The first-order valence-corrected chi connectivity index (χ1v) is 13.2. The van der Waals surface area contributed by atoms with Gasteiger partial charge in [0.05, 0.1) is 10.6 Å². The highest BCUT2D eigenvalue weighted by Crippen LogP contribution is 2.24. The van der Waals surface area contributed by atoms with E-state index in [4.69, 9.17) is 27.9 Å². The van der Waals surface area contributed by atoms with Gasteiger partial charge in [0.2, 0.25) is 0 Å². The van der Waals surface area contributed by atoms with Gasteiger partial charge in [-0.05, 0) is 66.7 Å². The average molecular weight is 555 g/mol. The lowest BCUT2D eigenvalue weighted by molar-refractivity contribution is -0.118. The molecule has 1 amide bonds. The molecular weight excluding hydrogens is 535 g/mol. The summed E-state index contributed by atoms with van der Waals surface area (Å²) < 4.78 is 33.1. The molecule has 0 aliphatic carbocycles. The molecule has 2 N–H and O–H groups in total. The minimum atomic E-state index is -3.82. The minimum Gasteiger partial charge on any atom is -0.484 e. The first-order chi connectivity index (χ1) is 17.7. The van der Waals surface area contributed by atoms with Gasteiger partial charge in [0.25, 0.3) is 15.9 Å².